The van der Waals surface area contributed by atoms with Gasteiger partial charge in [-0.25, -0.2) is 4.79 Å². The summed E-state index contributed by atoms with van der Waals surface area (Å²) in [5, 5.41) is 11.7. The van der Waals surface area contributed by atoms with E-state index in [9.17, 15) is 14.4 Å². The van der Waals surface area contributed by atoms with Gasteiger partial charge < -0.3 is 24.8 Å². The van der Waals surface area contributed by atoms with Gasteiger partial charge in [0.2, 0.25) is 5.91 Å². The number of carbonyl (C=O) groups is 3. The molecule has 0 saturated carbocycles. The van der Waals surface area contributed by atoms with E-state index in [-0.39, 0.29) is 37.8 Å². The Kier molecular flexibility index (Phi) is 6.93. The number of alkyl carbamates (subject to hydrolysis) is 1. The lowest BCUT2D eigenvalue weighted by Gasteiger charge is -2.33. The van der Waals surface area contributed by atoms with Gasteiger partial charge in [-0.3, -0.25) is 9.59 Å². The van der Waals surface area contributed by atoms with E-state index < -0.39 is 24.2 Å². The third-order valence-electron chi connectivity index (χ3n) is 6.08. The van der Waals surface area contributed by atoms with Crippen molar-refractivity contribution in [2.45, 2.75) is 37.8 Å². The molecule has 0 aromatic heterocycles. The molecule has 2 aromatic rings. The Morgan fingerprint density at radius 3 is 2.39 bits per heavy atom. The van der Waals surface area contributed by atoms with E-state index >= 15 is 0 Å². The molecule has 1 heterocycles. The quantitative estimate of drug-likeness (QED) is 0.669. The van der Waals surface area contributed by atoms with Crippen LogP contribution in [0.15, 0.2) is 48.5 Å². The van der Waals surface area contributed by atoms with E-state index in [1.54, 1.807) is 11.8 Å². The van der Waals surface area contributed by atoms with Crippen molar-refractivity contribution in [3.05, 3.63) is 59.7 Å². The first kappa shape index (κ1) is 22.8. The van der Waals surface area contributed by atoms with Crippen molar-refractivity contribution in [1.82, 2.24) is 10.2 Å². The van der Waals surface area contributed by atoms with Crippen LogP contribution in [0.5, 0.6) is 0 Å². The van der Waals surface area contributed by atoms with Crippen LogP contribution in [0.2, 0.25) is 0 Å². The summed E-state index contributed by atoms with van der Waals surface area (Å²) < 4.78 is 10.9. The summed E-state index contributed by atoms with van der Waals surface area (Å²) in [6.07, 6.45) is -1.12. The van der Waals surface area contributed by atoms with Crippen LogP contribution in [0.1, 0.15) is 36.8 Å². The Balaban J connectivity index is 1.28. The topological polar surface area (TPSA) is 105 Å². The van der Waals surface area contributed by atoms with Crippen LogP contribution in [0, 0.1) is 0 Å². The molecule has 2 amide bonds. The van der Waals surface area contributed by atoms with Crippen LogP contribution in [0.25, 0.3) is 11.1 Å². The second-order valence-corrected chi connectivity index (χ2v) is 8.51. The van der Waals surface area contributed by atoms with Gasteiger partial charge in [0.15, 0.2) is 0 Å². The molecular formula is C25H28N2O6. The summed E-state index contributed by atoms with van der Waals surface area (Å²) in [7, 11) is 0. The molecule has 2 aliphatic rings. The molecule has 1 aliphatic carbocycles. The number of carboxylic acid groups (broad SMARTS) is 1. The summed E-state index contributed by atoms with van der Waals surface area (Å²) in [5.41, 5.74) is 4.59. The first-order valence-corrected chi connectivity index (χ1v) is 11.1. The number of amides is 2. The molecule has 2 N–H and O–H groups in total. The lowest BCUT2D eigenvalue weighted by atomic mass is 9.98. The minimum Gasteiger partial charge on any atom is -0.481 e. The maximum Gasteiger partial charge on any atom is 0.407 e. The van der Waals surface area contributed by atoms with E-state index in [0.717, 1.165) is 22.3 Å². The molecule has 4 rings (SSSR count). The maximum absolute atomic E-state index is 12.6. The monoisotopic (exact) mass is 452 g/mol. The number of benzene rings is 2. The zero-order valence-corrected chi connectivity index (χ0v) is 18.5. The number of rotatable bonds is 7. The van der Waals surface area contributed by atoms with Gasteiger partial charge >= 0.3 is 12.1 Å². The summed E-state index contributed by atoms with van der Waals surface area (Å²) in [4.78, 5) is 37.5. The van der Waals surface area contributed by atoms with E-state index in [1.165, 1.54) is 0 Å². The molecule has 1 unspecified atom stereocenters. The third kappa shape index (κ3) is 5.34. The van der Waals surface area contributed by atoms with Gasteiger partial charge in [-0.2, -0.15) is 0 Å². The van der Waals surface area contributed by atoms with Crippen LogP contribution < -0.4 is 5.32 Å². The second kappa shape index (κ2) is 10.0. The van der Waals surface area contributed by atoms with Crippen molar-refractivity contribution in [2.24, 2.45) is 0 Å². The maximum atomic E-state index is 12.6. The number of ether oxygens (including phenoxy) is 2. The number of nitrogens with one attached hydrogen (secondary N) is 1. The van der Waals surface area contributed by atoms with Gasteiger partial charge in [0.05, 0.1) is 19.1 Å². The Morgan fingerprint density at radius 2 is 1.76 bits per heavy atom. The van der Waals surface area contributed by atoms with Crippen LogP contribution in [-0.4, -0.2) is 66.4 Å². The predicted octanol–water partition coefficient (Wildman–Crippen LogP) is 3.01. The average Bonchev–Trinajstić information content (AvgIpc) is 3.11. The highest BCUT2D eigenvalue weighted by Crippen LogP contribution is 2.44. The second-order valence-electron chi connectivity index (χ2n) is 8.51. The zero-order valence-electron chi connectivity index (χ0n) is 18.5. The SMILES string of the molecule is C[C@H](CC(=O)N1CCOC(CC(=O)O)C1)NC(=O)OCC1c2ccccc2-c2ccccc21. The molecule has 0 spiro atoms. The highest BCUT2D eigenvalue weighted by molar-refractivity contribution is 5.80. The lowest BCUT2D eigenvalue weighted by molar-refractivity contribution is -0.147. The third-order valence-corrected chi connectivity index (χ3v) is 6.08. The molecule has 1 fully saturated rings. The summed E-state index contributed by atoms with van der Waals surface area (Å²) in [5.74, 6) is -1.14. The fourth-order valence-corrected chi connectivity index (χ4v) is 4.55. The number of aliphatic carboxylic acids is 1. The smallest absolute Gasteiger partial charge is 0.407 e. The van der Waals surface area contributed by atoms with Gasteiger partial charge in [0.1, 0.15) is 6.61 Å². The molecule has 8 heteroatoms. The summed E-state index contributed by atoms with van der Waals surface area (Å²) >= 11 is 0. The summed E-state index contributed by atoms with van der Waals surface area (Å²) in [6, 6.07) is 15.8. The zero-order chi connectivity index (χ0) is 23.4. The van der Waals surface area contributed by atoms with E-state index in [4.69, 9.17) is 14.6 Å². The van der Waals surface area contributed by atoms with Gasteiger partial charge in [0, 0.05) is 31.5 Å². The molecule has 8 nitrogen and oxygen atoms in total. The van der Waals surface area contributed by atoms with Gasteiger partial charge in [-0.05, 0) is 29.2 Å². The fourth-order valence-electron chi connectivity index (χ4n) is 4.55. The van der Waals surface area contributed by atoms with Crippen LogP contribution in [-0.2, 0) is 19.1 Å². The van der Waals surface area contributed by atoms with Crippen molar-refractivity contribution in [1.29, 1.82) is 0 Å². The Bertz CT molecular complexity index is 994. The number of hydrogen-bond donors (Lipinski definition) is 2. The molecule has 1 saturated heterocycles. The van der Waals surface area contributed by atoms with Crippen molar-refractivity contribution < 1.29 is 29.0 Å². The predicted molar refractivity (Wildman–Crippen MR) is 121 cm³/mol. The van der Waals surface area contributed by atoms with Gasteiger partial charge in [-0.15, -0.1) is 0 Å². The molecule has 2 atom stereocenters. The number of hydrogen-bond acceptors (Lipinski definition) is 5. The van der Waals surface area contributed by atoms with E-state index in [1.807, 2.05) is 24.3 Å². The molecule has 2 aromatic carbocycles. The van der Waals surface area contributed by atoms with Crippen LogP contribution >= 0.6 is 0 Å². The van der Waals surface area contributed by atoms with Crippen LogP contribution in [0.3, 0.4) is 0 Å². The average molecular weight is 453 g/mol. The molecule has 174 valence electrons. The first-order chi connectivity index (χ1) is 15.9. The van der Waals surface area contributed by atoms with Gasteiger partial charge in [-0.1, -0.05) is 48.5 Å². The molecule has 0 radical (unpaired) electrons. The minimum atomic E-state index is -0.959. The Hall–Kier alpha value is -3.39. The van der Waals surface area contributed by atoms with Crippen molar-refractivity contribution in [3.8, 4) is 11.1 Å². The number of nitrogens with zero attached hydrogens (tertiary/aromatic N) is 1. The molecule has 0 bridgehead atoms. The summed E-state index contributed by atoms with van der Waals surface area (Å²) in [6.45, 7) is 2.91. The van der Waals surface area contributed by atoms with E-state index in [2.05, 4.69) is 29.6 Å². The number of morpholine rings is 1. The minimum absolute atomic E-state index is 0.0281. The standard InChI is InChI=1S/C25H28N2O6/c1-16(12-23(28)27-10-11-32-17(14-27)13-24(29)30)26-25(31)33-15-22-20-8-4-2-6-18(20)19-7-3-5-9-21(19)22/h2-9,16-17,22H,10-15H2,1H3,(H,26,31)(H,29,30)/t16-,17?/m1/s1. The Labute approximate surface area is 192 Å². The van der Waals surface area contributed by atoms with Gasteiger partial charge in [0.25, 0.3) is 0 Å². The van der Waals surface area contributed by atoms with Crippen LogP contribution in [0.4, 0.5) is 4.79 Å². The fraction of sp³-hybridized carbons (Fsp3) is 0.400. The first-order valence-electron chi connectivity index (χ1n) is 11.1. The molecule has 1 aliphatic heterocycles. The highest BCUT2D eigenvalue weighted by atomic mass is 16.5. The van der Waals surface area contributed by atoms with Crippen molar-refractivity contribution >= 4 is 18.0 Å². The van der Waals surface area contributed by atoms with Crippen molar-refractivity contribution in [3.63, 3.8) is 0 Å². The highest BCUT2D eigenvalue weighted by Gasteiger charge is 2.30. The molecular weight excluding hydrogens is 424 g/mol. The number of carbonyl (C=O) groups excluding carboxylic acids is 2. The lowest BCUT2D eigenvalue weighted by Crippen LogP contribution is -2.48. The number of carboxylic acids is 1. The Morgan fingerprint density at radius 1 is 1.12 bits per heavy atom. The number of fused-ring (bicyclic) bond motifs is 3. The normalized spacial score (nSPS) is 18.2. The van der Waals surface area contributed by atoms with Crippen molar-refractivity contribution in [2.75, 3.05) is 26.3 Å². The van der Waals surface area contributed by atoms with E-state index in [0.29, 0.717) is 13.2 Å². The molecule has 33 heavy (non-hydrogen) atoms. The largest absolute Gasteiger partial charge is 0.481 e.